The van der Waals surface area contributed by atoms with Gasteiger partial charge < -0.3 is 10.4 Å². The van der Waals surface area contributed by atoms with Crippen LogP contribution in [0.3, 0.4) is 0 Å². The second-order valence-electron chi connectivity index (χ2n) is 7.80. The van der Waals surface area contributed by atoms with Gasteiger partial charge in [0.2, 0.25) is 0 Å². The normalized spacial score (nSPS) is 17.3. The SMILES string of the molecule is O=C(NCCO)c1sc2ccccc2c1CC1CCCCN1Cc1ccccc1F. The van der Waals surface area contributed by atoms with Gasteiger partial charge in [0, 0.05) is 29.4 Å². The molecule has 1 aromatic heterocycles. The summed E-state index contributed by atoms with van der Waals surface area (Å²) in [5, 5.41) is 13.0. The van der Waals surface area contributed by atoms with E-state index >= 15 is 0 Å². The molecule has 0 saturated carbocycles. The van der Waals surface area contributed by atoms with Crippen LogP contribution in [-0.4, -0.2) is 41.7 Å². The first-order valence-corrected chi connectivity index (χ1v) is 11.4. The van der Waals surface area contributed by atoms with Crippen LogP contribution < -0.4 is 5.32 Å². The van der Waals surface area contributed by atoms with E-state index in [1.54, 1.807) is 6.07 Å². The minimum Gasteiger partial charge on any atom is -0.395 e. The summed E-state index contributed by atoms with van der Waals surface area (Å²) in [6.07, 6.45) is 4.06. The van der Waals surface area contributed by atoms with Gasteiger partial charge in [0.05, 0.1) is 11.5 Å². The summed E-state index contributed by atoms with van der Waals surface area (Å²) in [7, 11) is 0. The number of nitrogens with zero attached hydrogens (tertiary/aromatic N) is 1. The number of hydrogen-bond donors (Lipinski definition) is 2. The van der Waals surface area contributed by atoms with Crippen molar-refractivity contribution in [2.24, 2.45) is 0 Å². The molecule has 2 aromatic carbocycles. The van der Waals surface area contributed by atoms with E-state index in [9.17, 15) is 9.18 Å². The number of halogens is 1. The quantitative estimate of drug-likeness (QED) is 0.590. The molecule has 0 aliphatic carbocycles. The highest BCUT2D eigenvalue weighted by atomic mass is 32.1. The maximum Gasteiger partial charge on any atom is 0.261 e. The number of likely N-dealkylation sites (tertiary alicyclic amines) is 1. The number of rotatable bonds is 7. The molecule has 1 unspecified atom stereocenters. The predicted molar refractivity (Wildman–Crippen MR) is 119 cm³/mol. The molecule has 6 heteroatoms. The van der Waals surface area contributed by atoms with Crippen LogP contribution in [0.25, 0.3) is 10.1 Å². The standard InChI is InChI=1S/C24H27FN2O2S/c25-21-10-3-1-7-17(21)16-27-13-6-5-8-18(27)15-20-19-9-2-4-11-22(19)30-23(20)24(29)26-12-14-28/h1-4,7,9-11,18,28H,5-6,8,12-16H2,(H,26,29). The molecule has 0 radical (unpaired) electrons. The van der Waals surface area contributed by atoms with Crippen molar-refractivity contribution in [1.82, 2.24) is 10.2 Å². The summed E-state index contributed by atoms with van der Waals surface area (Å²) in [5.74, 6) is -0.288. The summed E-state index contributed by atoms with van der Waals surface area (Å²) in [6.45, 7) is 1.69. The van der Waals surface area contributed by atoms with Crippen LogP contribution in [0.5, 0.6) is 0 Å². The predicted octanol–water partition coefficient (Wildman–Crippen LogP) is 4.36. The average Bonchev–Trinajstić information content (AvgIpc) is 3.13. The monoisotopic (exact) mass is 426 g/mol. The zero-order valence-electron chi connectivity index (χ0n) is 16.9. The van der Waals surface area contributed by atoms with Crippen LogP contribution >= 0.6 is 11.3 Å². The average molecular weight is 427 g/mol. The maximum atomic E-state index is 14.2. The third-order valence-electron chi connectivity index (χ3n) is 5.82. The summed E-state index contributed by atoms with van der Waals surface area (Å²) in [5.41, 5.74) is 1.79. The van der Waals surface area contributed by atoms with E-state index in [4.69, 9.17) is 5.11 Å². The Balaban J connectivity index is 1.62. The third-order valence-corrected chi connectivity index (χ3v) is 7.03. The fourth-order valence-corrected chi connectivity index (χ4v) is 5.46. The number of benzene rings is 2. The minimum atomic E-state index is -0.160. The smallest absolute Gasteiger partial charge is 0.261 e. The molecule has 4 rings (SSSR count). The maximum absolute atomic E-state index is 14.2. The number of aliphatic hydroxyl groups is 1. The summed E-state index contributed by atoms with van der Waals surface area (Å²) in [4.78, 5) is 15.9. The number of piperidine rings is 1. The van der Waals surface area contributed by atoms with E-state index < -0.39 is 0 Å². The number of thiophene rings is 1. The van der Waals surface area contributed by atoms with Crippen molar-refractivity contribution in [1.29, 1.82) is 0 Å². The molecule has 1 aliphatic heterocycles. The Labute approximate surface area is 180 Å². The van der Waals surface area contributed by atoms with E-state index in [2.05, 4.69) is 16.3 Å². The Kier molecular flexibility index (Phi) is 6.77. The summed E-state index contributed by atoms with van der Waals surface area (Å²) < 4.78 is 15.3. The van der Waals surface area contributed by atoms with E-state index in [-0.39, 0.29) is 30.9 Å². The van der Waals surface area contributed by atoms with Crippen molar-refractivity contribution in [2.45, 2.75) is 38.3 Å². The van der Waals surface area contributed by atoms with Gasteiger partial charge in [-0.1, -0.05) is 42.8 Å². The van der Waals surface area contributed by atoms with E-state index in [0.29, 0.717) is 6.54 Å². The van der Waals surface area contributed by atoms with Crippen molar-refractivity contribution in [3.63, 3.8) is 0 Å². The van der Waals surface area contributed by atoms with Crippen LogP contribution in [0.4, 0.5) is 4.39 Å². The zero-order valence-corrected chi connectivity index (χ0v) is 17.8. The van der Waals surface area contributed by atoms with Gasteiger partial charge >= 0.3 is 0 Å². The van der Waals surface area contributed by atoms with Gasteiger partial charge in [-0.3, -0.25) is 9.69 Å². The van der Waals surface area contributed by atoms with Crippen molar-refractivity contribution >= 4 is 27.3 Å². The fraction of sp³-hybridized carbons (Fsp3) is 0.375. The Hall–Kier alpha value is -2.28. The second-order valence-corrected chi connectivity index (χ2v) is 8.85. The highest BCUT2D eigenvalue weighted by Gasteiger charge is 2.27. The number of fused-ring (bicyclic) bond motifs is 1. The number of carbonyl (C=O) groups is 1. The van der Waals surface area contributed by atoms with Gasteiger partial charge in [-0.25, -0.2) is 4.39 Å². The Bertz CT molecular complexity index is 1020. The van der Waals surface area contributed by atoms with Crippen LogP contribution in [0.1, 0.15) is 40.1 Å². The summed E-state index contributed by atoms with van der Waals surface area (Å²) >= 11 is 1.51. The van der Waals surface area contributed by atoms with Crippen LogP contribution in [0.15, 0.2) is 48.5 Å². The molecule has 1 atom stereocenters. The van der Waals surface area contributed by atoms with Gasteiger partial charge in [-0.2, -0.15) is 0 Å². The molecular formula is C24H27FN2O2S. The van der Waals surface area contributed by atoms with Gasteiger partial charge in [0.25, 0.3) is 5.91 Å². The van der Waals surface area contributed by atoms with Gasteiger partial charge in [-0.15, -0.1) is 11.3 Å². The highest BCUT2D eigenvalue weighted by molar-refractivity contribution is 7.21. The van der Waals surface area contributed by atoms with Crippen molar-refractivity contribution in [3.05, 3.63) is 70.4 Å². The molecule has 1 saturated heterocycles. The first kappa shape index (κ1) is 21.0. The first-order valence-electron chi connectivity index (χ1n) is 10.5. The Morgan fingerprint density at radius 2 is 1.97 bits per heavy atom. The van der Waals surface area contributed by atoms with Crippen molar-refractivity contribution < 1.29 is 14.3 Å². The van der Waals surface area contributed by atoms with Crippen LogP contribution in [-0.2, 0) is 13.0 Å². The third kappa shape index (κ3) is 4.56. The second kappa shape index (κ2) is 9.69. The van der Waals surface area contributed by atoms with Crippen LogP contribution in [0.2, 0.25) is 0 Å². The topological polar surface area (TPSA) is 52.6 Å². The van der Waals surface area contributed by atoms with Crippen LogP contribution in [0, 0.1) is 5.82 Å². The fourth-order valence-electron chi connectivity index (χ4n) is 4.31. The molecule has 0 bridgehead atoms. The van der Waals surface area contributed by atoms with E-state index in [0.717, 1.165) is 58.3 Å². The number of aliphatic hydroxyl groups excluding tert-OH is 1. The van der Waals surface area contributed by atoms with E-state index in [1.807, 2.05) is 30.3 Å². The lowest BCUT2D eigenvalue weighted by Gasteiger charge is -2.36. The molecule has 4 nitrogen and oxygen atoms in total. The molecule has 1 amide bonds. The lowest BCUT2D eigenvalue weighted by Crippen LogP contribution is -2.40. The van der Waals surface area contributed by atoms with Crippen molar-refractivity contribution in [3.8, 4) is 0 Å². The number of nitrogens with one attached hydrogen (secondary N) is 1. The number of carbonyl (C=O) groups excluding carboxylic acids is 1. The molecule has 1 aliphatic rings. The molecule has 1 fully saturated rings. The summed E-state index contributed by atoms with van der Waals surface area (Å²) in [6, 6.07) is 15.4. The van der Waals surface area contributed by atoms with E-state index in [1.165, 1.54) is 17.4 Å². The highest BCUT2D eigenvalue weighted by Crippen LogP contribution is 2.34. The van der Waals surface area contributed by atoms with Gasteiger partial charge in [0.1, 0.15) is 5.82 Å². The molecular weight excluding hydrogens is 399 g/mol. The Morgan fingerprint density at radius 1 is 1.17 bits per heavy atom. The molecule has 30 heavy (non-hydrogen) atoms. The molecule has 0 spiro atoms. The number of amides is 1. The minimum absolute atomic E-state index is 0.0784. The largest absolute Gasteiger partial charge is 0.395 e. The number of hydrogen-bond acceptors (Lipinski definition) is 4. The Morgan fingerprint density at radius 3 is 2.80 bits per heavy atom. The lowest BCUT2D eigenvalue weighted by atomic mass is 9.93. The lowest BCUT2D eigenvalue weighted by molar-refractivity contribution is 0.0946. The van der Waals surface area contributed by atoms with Gasteiger partial charge in [-0.05, 0) is 48.9 Å². The molecule has 2 N–H and O–H groups in total. The molecule has 2 heterocycles. The first-order chi connectivity index (χ1) is 14.7. The van der Waals surface area contributed by atoms with Crippen molar-refractivity contribution in [2.75, 3.05) is 19.7 Å². The molecule has 158 valence electrons. The molecule has 3 aromatic rings. The zero-order chi connectivity index (χ0) is 20.9. The van der Waals surface area contributed by atoms with Gasteiger partial charge in [0.15, 0.2) is 0 Å².